The predicted molar refractivity (Wildman–Crippen MR) is 89.1 cm³/mol. The van der Waals surface area contributed by atoms with Crippen LogP contribution in [0.25, 0.3) is 0 Å². The molecule has 126 valence electrons. The number of primary amides is 1. The van der Waals surface area contributed by atoms with E-state index in [9.17, 15) is 9.59 Å². The number of carbonyl (C=O) groups excluding carboxylic acids is 2. The lowest BCUT2D eigenvalue weighted by Crippen LogP contribution is -2.46. The third-order valence-electron chi connectivity index (χ3n) is 4.40. The standard InChI is InChI=1S/C18H26N2O3/c1-12(2)15-6-4-5-7-16(15)23-13(3)18(22)20-10-8-14(9-11-20)17(19)21/h4-7,12-14H,8-11H2,1-3H3,(H2,19,21)/t13-/m1/s1. The number of amides is 2. The van der Waals surface area contributed by atoms with Gasteiger partial charge in [-0.1, -0.05) is 32.0 Å². The second-order valence-electron chi connectivity index (χ2n) is 6.45. The summed E-state index contributed by atoms with van der Waals surface area (Å²) >= 11 is 0. The predicted octanol–water partition coefficient (Wildman–Crippen LogP) is 2.30. The Morgan fingerprint density at radius 1 is 1.17 bits per heavy atom. The van der Waals surface area contributed by atoms with Crippen LogP contribution in [0.3, 0.4) is 0 Å². The summed E-state index contributed by atoms with van der Waals surface area (Å²) in [5.41, 5.74) is 6.43. The number of carbonyl (C=O) groups is 2. The van der Waals surface area contributed by atoms with Crippen LogP contribution < -0.4 is 10.5 Å². The van der Waals surface area contributed by atoms with Gasteiger partial charge in [0.05, 0.1) is 0 Å². The normalized spacial score (nSPS) is 17.1. The summed E-state index contributed by atoms with van der Waals surface area (Å²) in [5.74, 6) is 0.672. The maximum atomic E-state index is 12.5. The highest BCUT2D eigenvalue weighted by Gasteiger charge is 2.29. The number of likely N-dealkylation sites (tertiary alicyclic amines) is 1. The van der Waals surface area contributed by atoms with E-state index in [4.69, 9.17) is 10.5 Å². The van der Waals surface area contributed by atoms with Gasteiger partial charge in [-0.3, -0.25) is 9.59 Å². The fourth-order valence-corrected chi connectivity index (χ4v) is 2.95. The largest absolute Gasteiger partial charge is 0.481 e. The molecule has 5 heteroatoms. The van der Waals surface area contributed by atoms with Crippen molar-refractivity contribution in [3.8, 4) is 5.75 Å². The fourth-order valence-electron chi connectivity index (χ4n) is 2.95. The van der Waals surface area contributed by atoms with Crippen molar-refractivity contribution in [1.29, 1.82) is 0 Å². The van der Waals surface area contributed by atoms with Crippen LogP contribution in [0, 0.1) is 5.92 Å². The Morgan fingerprint density at radius 3 is 2.35 bits per heavy atom. The van der Waals surface area contributed by atoms with Crippen molar-refractivity contribution in [2.45, 2.75) is 45.6 Å². The van der Waals surface area contributed by atoms with Crippen molar-refractivity contribution in [3.05, 3.63) is 29.8 Å². The molecule has 2 N–H and O–H groups in total. The Bertz CT molecular complexity index is 563. The number of hydrogen-bond acceptors (Lipinski definition) is 3. The smallest absolute Gasteiger partial charge is 0.263 e. The first kappa shape index (κ1) is 17.3. The maximum absolute atomic E-state index is 12.5. The maximum Gasteiger partial charge on any atom is 0.263 e. The van der Waals surface area contributed by atoms with Gasteiger partial charge in [-0.05, 0) is 37.3 Å². The number of para-hydroxylation sites is 1. The van der Waals surface area contributed by atoms with E-state index in [0.717, 1.165) is 11.3 Å². The van der Waals surface area contributed by atoms with Crippen molar-refractivity contribution in [2.75, 3.05) is 13.1 Å². The Balaban J connectivity index is 1.97. The lowest BCUT2D eigenvalue weighted by Gasteiger charge is -2.32. The molecule has 0 aromatic heterocycles. The van der Waals surface area contributed by atoms with Crippen molar-refractivity contribution in [1.82, 2.24) is 4.90 Å². The molecule has 23 heavy (non-hydrogen) atoms. The average Bonchev–Trinajstić information content (AvgIpc) is 2.54. The molecular weight excluding hydrogens is 292 g/mol. The molecule has 1 aromatic rings. The summed E-state index contributed by atoms with van der Waals surface area (Å²) in [4.78, 5) is 25.5. The number of nitrogens with two attached hydrogens (primary N) is 1. The summed E-state index contributed by atoms with van der Waals surface area (Å²) in [6.45, 7) is 7.10. The molecule has 0 radical (unpaired) electrons. The first-order valence-corrected chi connectivity index (χ1v) is 8.23. The van der Waals surface area contributed by atoms with Crippen LogP contribution in [0.5, 0.6) is 5.75 Å². The van der Waals surface area contributed by atoms with Gasteiger partial charge < -0.3 is 15.4 Å². The molecule has 1 aliphatic heterocycles. The molecule has 0 saturated carbocycles. The van der Waals surface area contributed by atoms with Crippen molar-refractivity contribution >= 4 is 11.8 Å². The first-order valence-electron chi connectivity index (χ1n) is 8.23. The van der Waals surface area contributed by atoms with E-state index in [-0.39, 0.29) is 17.7 Å². The van der Waals surface area contributed by atoms with Gasteiger partial charge in [0, 0.05) is 19.0 Å². The molecule has 1 fully saturated rings. The molecule has 5 nitrogen and oxygen atoms in total. The topological polar surface area (TPSA) is 72.6 Å². The molecule has 2 amide bonds. The van der Waals surface area contributed by atoms with Gasteiger partial charge >= 0.3 is 0 Å². The van der Waals surface area contributed by atoms with Crippen LogP contribution in [0.2, 0.25) is 0 Å². The third kappa shape index (κ3) is 4.24. The van der Waals surface area contributed by atoms with Crippen molar-refractivity contribution < 1.29 is 14.3 Å². The van der Waals surface area contributed by atoms with Crippen LogP contribution >= 0.6 is 0 Å². The van der Waals surface area contributed by atoms with Crippen LogP contribution in [0.1, 0.15) is 45.1 Å². The van der Waals surface area contributed by atoms with E-state index in [1.807, 2.05) is 24.3 Å². The Kier molecular flexibility index (Phi) is 5.64. The molecule has 1 atom stereocenters. The fraction of sp³-hybridized carbons (Fsp3) is 0.556. The number of hydrogen-bond donors (Lipinski definition) is 1. The molecule has 1 aliphatic rings. The monoisotopic (exact) mass is 318 g/mol. The molecule has 2 rings (SSSR count). The number of rotatable bonds is 5. The molecule has 0 aliphatic carbocycles. The summed E-state index contributed by atoms with van der Waals surface area (Å²) in [6.07, 6.45) is 0.729. The molecule has 0 unspecified atom stereocenters. The lowest BCUT2D eigenvalue weighted by atomic mass is 9.96. The molecule has 0 spiro atoms. The van der Waals surface area contributed by atoms with Gasteiger partial charge in [0.25, 0.3) is 5.91 Å². The highest BCUT2D eigenvalue weighted by Crippen LogP contribution is 2.27. The molecule has 1 saturated heterocycles. The van der Waals surface area contributed by atoms with E-state index < -0.39 is 6.10 Å². The molecule has 1 heterocycles. The summed E-state index contributed by atoms with van der Waals surface area (Å²) < 4.78 is 5.91. The molecule has 0 bridgehead atoms. The van der Waals surface area contributed by atoms with E-state index in [1.54, 1.807) is 11.8 Å². The van der Waals surface area contributed by atoms with Crippen LogP contribution in [0.15, 0.2) is 24.3 Å². The second-order valence-corrected chi connectivity index (χ2v) is 6.45. The summed E-state index contributed by atoms with van der Waals surface area (Å²) in [5, 5.41) is 0. The minimum Gasteiger partial charge on any atom is -0.481 e. The quantitative estimate of drug-likeness (QED) is 0.905. The van der Waals surface area contributed by atoms with Gasteiger partial charge in [0.2, 0.25) is 5.91 Å². The Hall–Kier alpha value is -2.04. The summed E-state index contributed by atoms with van der Waals surface area (Å²) in [6, 6.07) is 7.81. The van der Waals surface area contributed by atoms with Gasteiger partial charge in [0.1, 0.15) is 5.75 Å². The zero-order valence-electron chi connectivity index (χ0n) is 14.1. The minimum atomic E-state index is -0.542. The van der Waals surface area contributed by atoms with E-state index >= 15 is 0 Å². The zero-order chi connectivity index (χ0) is 17.0. The van der Waals surface area contributed by atoms with Crippen LogP contribution in [-0.2, 0) is 9.59 Å². The lowest BCUT2D eigenvalue weighted by molar-refractivity contribution is -0.140. The van der Waals surface area contributed by atoms with Gasteiger partial charge in [0.15, 0.2) is 6.10 Å². The van der Waals surface area contributed by atoms with E-state index in [1.165, 1.54) is 0 Å². The number of nitrogens with zero attached hydrogens (tertiary/aromatic N) is 1. The van der Waals surface area contributed by atoms with E-state index in [0.29, 0.717) is 31.8 Å². The second kappa shape index (κ2) is 7.49. The number of benzene rings is 1. The Morgan fingerprint density at radius 2 is 1.78 bits per heavy atom. The zero-order valence-corrected chi connectivity index (χ0v) is 14.1. The average molecular weight is 318 g/mol. The van der Waals surface area contributed by atoms with Gasteiger partial charge in [-0.25, -0.2) is 0 Å². The van der Waals surface area contributed by atoms with Crippen molar-refractivity contribution in [2.24, 2.45) is 11.7 Å². The molecule has 1 aromatic carbocycles. The SMILES string of the molecule is CC(C)c1ccccc1O[C@H](C)C(=O)N1CCC(C(N)=O)CC1. The van der Waals surface area contributed by atoms with E-state index in [2.05, 4.69) is 13.8 Å². The first-order chi connectivity index (χ1) is 10.9. The van der Waals surface area contributed by atoms with Gasteiger partial charge in [-0.2, -0.15) is 0 Å². The van der Waals surface area contributed by atoms with Gasteiger partial charge in [-0.15, -0.1) is 0 Å². The highest BCUT2D eigenvalue weighted by molar-refractivity contribution is 5.82. The van der Waals surface area contributed by atoms with Crippen molar-refractivity contribution in [3.63, 3.8) is 0 Å². The summed E-state index contributed by atoms with van der Waals surface area (Å²) in [7, 11) is 0. The third-order valence-corrected chi connectivity index (χ3v) is 4.40. The highest BCUT2D eigenvalue weighted by atomic mass is 16.5. The number of ether oxygens (including phenoxy) is 1. The molecular formula is C18H26N2O3. The van der Waals surface area contributed by atoms with Crippen LogP contribution in [0.4, 0.5) is 0 Å². The Labute approximate surface area is 137 Å². The number of piperidine rings is 1. The minimum absolute atomic E-state index is 0.0357. The van der Waals surface area contributed by atoms with Crippen LogP contribution in [-0.4, -0.2) is 35.9 Å².